The first-order chi connectivity index (χ1) is 12.3. The third-order valence-corrected chi connectivity index (χ3v) is 4.76. The van der Waals surface area contributed by atoms with Gasteiger partial charge in [-0.1, -0.05) is 13.0 Å². The van der Waals surface area contributed by atoms with Crippen LogP contribution in [0.25, 0.3) is 11.0 Å². The van der Waals surface area contributed by atoms with Crippen LogP contribution in [0.4, 0.5) is 11.5 Å². The van der Waals surface area contributed by atoms with Gasteiger partial charge in [0.25, 0.3) is 0 Å². The van der Waals surface area contributed by atoms with Crippen molar-refractivity contribution in [2.45, 2.75) is 13.3 Å². The summed E-state index contributed by atoms with van der Waals surface area (Å²) in [5.41, 5.74) is 3.04. The number of piperazine rings is 1. The van der Waals surface area contributed by atoms with Crippen LogP contribution in [0.2, 0.25) is 0 Å². The van der Waals surface area contributed by atoms with Gasteiger partial charge in [0.2, 0.25) is 0 Å². The molecular formula is C18H22N6O. The van der Waals surface area contributed by atoms with E-state index in [9.17, 15) is 0 Å². The van der Waals surface area contributed by atoms with Gasteiger partial charge in [-0.05, 0) is 18.6 Å². The van der Waals surface area contributed by atoms with Crippen LogP contribution in [0.5, 0.6) is 5.75 Å². The zero-order chi connectivity index (χ0) is 17.2. The summed E-state index contributed by atoms with van der Waals surface area (Å²) in [6.07, 6.45) is 2.49. The monoisotopic (exact) mass is 338 g/mol. The normalized spacial score (nSPS) is 15.0. The van der Waals surface area contributed by atoms with Crippen molar-refractivity contribution in [3.63, 3.8) is 0 Å². The topological polar surface area (TPSA) is 70.2 Å². The Labute approximate surface area is 146 Å². The Morgan fingerprint density at radius 2 is 1.92 bits per heavy atom. The molecule has 0 saturated carbocycles. The smallest absolute Gasteiger partial charge is 0.186 e. The molecular weight excluding hydrogens is 316 g/mol. The largest absolute Gasteiger partial charge is 0.497 e. The Morgan fingerprint density at radius 1 is 1.12 bits per heavy atom. The maximum atomic E-state index is 5.34. The van der Waals surface area contributed by atoms with E-state index in [1.807, 2.05) is 12.1 Å². The Morgan fingerprint density at radius 3 is 2.68 bits per heavy atom. The number of fused-ring (bicyclic) bond motifs is 1. The van der Waals surface area contributed by atoms with Gasteiger partial charge >= 0.3 is 0 Å². The van der Waals surface area contributed by atoms with Gasteiger partial charge in [0.1, 0.15) is 17.9 Å². The van der Waals surface area contributed by atoms with Gasteiger partial charge in [-0.15, -0.1) is 0 Å². The molecule has 1 N–H and O–H groups in total. The highest BCUT2D eigenvalue weighted by Gasteiger charge is 2.22. The summed E-state index contributed by atoms with van der Waals surface area (Å²) < 4.78 is 5.34. The number of aromatic nitrogens is 4. The number of aryl methyl sites for hydroxylation is 1. The van der Waals surface area contributed by atoms with E-state index in [1.54, 1.807) is 13.4 Å². The van der Waals surface area contributed by atoms with Crippen molar-refractivity contribution in [1.82, 2.24) is 20.2 Å². The summed E-state index contributed by atoms with van der Waals surface area (Å²) in [4.78, 5) is 13.5. The number of hydrogen-bond donors (Lipinski definition) is 1. The third kappa shape index (κ3) is 2.86. The molecule has 0 bridgehead atoms. The molecule has 3 aromatic rings. The molecule has 1 aliphatic rings. The zero-order valence-corrected chi connectivity index (χ0v) is 14.6. The van der Waals surface area contributed by atoms with E-state index in [2.05, 4.69) is 49.0 Å². The van der Waals surface area contributed by atoms with E-state index in [0.29, 0.717) is 0 Å². The van der Waals surface area contributed by atoms with Crippen LogP contribution in [-0.4, -0.2) is 53.5 Å². The van der Waals surface area contributed by atoms with Gasteiger partial charge in [-0.25, -0.2) is 9.97 Å². The number of H-pyrrole nitrogens is 1. The van der Waals surface area contributed by atoms with Crippen LogP contribution in [0.15, 0.2) is 30.6 Å². The van der Waals surface area contributed by atoms with Gasteiger partial charge in [-0.3, -0.25) is 5.10 Å². The lowest BCUT2D eigenvalue weighted by Gasteiger charge is -2.37. The van der Waals surface area contributed by atoms with Gasteiger partial charge < -0.3 is 14.5 Å². The fourth-order valence-corrected chi connectivity index (χ4v) is 3.38. The quantitative estimate of drug-likeness (QED) is 0.787. The molecule has 0 atom stereocenters. The molecule has 0 radical (unpaired) electrons. The summed E-state index contributed by atoms with van der Waals surface area (Å²) in [5.74, 6) is 1.88. The number of nitrogens with zero attached hydrogens (tertiary/aromatic N) is 5. The lowest BCUT2D eigenvalue weighted by Crippen LogP contribution is -2.47. The van der Waals surface area contributed by atoms with E-state index < -0.39 is 0 Å². The van der Waals surface area contributed by atoms with E-state index >= 15 is 0 Å². The van der Waals surface area contributed by atoms with E-state index in [-0.39, 0.29) is 0 Å². The van der Waals surface area contributed by atoms with Crippen LogP contribution in [0, 0.1) is 0 Å². The summed E-state index contributed by atoms with van der Waals surface area (Å²) in [6.45, 7) is 5.83. The molecule has 0 aliphatic carbocycles. The molecule has 0 spiro atoms. The minimum atomic E-state index is 0.747. The van der Waals surface area contributed by atoms with E-state index in [1.165, 1.54) is 5.69 Å². The highest BCUT2D eigenvalue weighted by molar-refractivity contribution is 5.89. The predicted octanol–water partition coefficient (Wildman–Crippen LogP) is 2.25. The van der Waals surface area contributed by atoms with Crippen LogP contribution >= 0.6 is 0 Å². The zero-order valence-electron chi connectivity index (χ0n) is 14.6. The third-order valence-electron chi connectivity index (χ3n) is 4.76. The first kappa shape index (κ1) is 15.7. The standard InChI is InChI=1S/C18H22N6O/c1-3-15-16-17(22-21-15)19-12-20-18(16)24-9-7-23(8-10-24)13-5-4-6-14(11-13)25-2/h4-6,11-12H,3,7-10H2,1-2H3,(H,19,20,21,22). The van der Waals surface area contributed by atoms with Crippen molar-refractivity contribution < 1.29 is 4.74 Å². The number of methoxy groups -OCH3 is 1. The van der Waals surface area contributed by atoms with Gasteiger partial charge in [0.05, 0.1) is 12.5 Å². The summed E-state index contributed by atoms with van der Waals surface area (Å²) in [6, 6.07) is 8.23. The van der Waals surface area contributed by atoms with Crippen molar-refractivity contribution in [3.05, 3.63) is 36.3 Å². The van der Waals surface area contributed by atoms with E-state index in [0.717, 1.165) is 60.9 Å². The molecule has 1 aromatic carbocycles. The second-order valence-corrected chi connectivity index (χ2v) is 6.13. The average molecular weight is 338 g/mol. The molecule has 1 fully saturated rings. The molecule has 7 heteroatoms. The Hall–Kier alpha value is -2.83. The Bertz CT molecular complexity index is 869. The average Bonchev–Trinajstić information content (AvgIpc) is 3.11. The first-order valence-corrected chi connectivity index (χ1v) is 8.62. The van der Waals surface area contributed by atoms with Crippen molar-refractivity contribution >= 4 is 22.5 Å². The fraction of sp³-hybridized carbons (Fsp3) is 0.389. The molecule has 0 unspecified atom stereocenters. The van der Waals surface area contributed by atoms with Crippen molar-refractivity contribution in [2.24, 2.45) is 0 Å². The number of aromatic amines is 1. The lowest BCUT2D eigenvalue weighted by molar-refractivity contribution is 0.414. The van der Waals surface area contributed by atoms with Crippen molar-refractivity contribution in [3.8, 4) is 5.75 Å². The highest BCUT2D eigenvalue weighted by Crippen LogP contribution is 2.28. The number of nitrogens with one attached hydrogen (secondary N) is 1. The van der Waals surface area contributed by atoms with E-state index in [4.69, 9.17) is 4.74 Å². The lowest BCUT2D eigenvalue weighted by atomic mass is 10.2. The first-order valence-electron chi connectivity index (χ1n) is 8.62. The number of hydrogen-bond acceptors (Lipinski definition) is 6. The van der Waals surface area contributed by atoms with Crippen molar-refractivity contribution in [2.75, 3.05) is 43.1 Å². The second kappa shape index (κ2) is 6.58. The molecule has 25 heavy (non-hydrogen) atoms. The minimum Gasteiger partial charge on any atom is -0.497 e. The van der Waals surface area contributed by atoms with Crippen LogP contribution in [-0.2, 0) is 6.42 Å². The summed E-state index contributed by atoms with van der Waals surface area (Å²) >= 11 is 0. The SMILES string of the molecule is CCc1[nH]nc2ncnc(N3CCN(c4cccc(OC)c4)CC3)c12. The van der Waals surface area contributed by atoms with Gasteiger partial charge in [-0.2, -0.15) is 5.10 Å². The Kier molecular flexibility index (Phi) is 4.13. The fourth-order valence-electron chi connectivity index (χ4n) is 3.38. The molecule has 3 heterocycles. The van der Waals surface area contributed by atoms with Gasteiger partial charge in [0, 0.05) is 43.6 Å². The summed E-state index contributed by atoms with van der Waals surface area (Å²) in [7, 11) is 1.70. The Balaban J connectivity index is 1.55. The molecule has 130 valence electrons. The molecule has 0 amide bonds. The minimum absolute atomic E-state index is 0.747. The molecule has 4 rings (SSSR count). The molecule has 1 aliphatic heterocycles. The number of benzene rings is 1. The molecule has 1 saturated heterocycles. The maximum absolute atomic E-state index is 5.34. The highest BCUT2D eigenvalue weighted by atomic mass is 16.5. The van der Waals surface area contributed by atoms with Crippen molar-refractivity contribution in [1.29, 1.82) is 0 Å². The van der Waals surface area contributed by atoms with Gasteiger partial charge in [0.15, 0.2) is 5.65 Å². The predicted molar refractivity (Wildman–Crippen MR) is 98.5 cm³/mol. The molecule has 2 aromatic heterocycles. The second-order valence-electron chi connectivity index (χ2n) is 6.13. The van der Waals surface area contributed by atoms with Crippen LogP contribution < -0.4 is 14.5 Å². The molecule has 7 nitrogen and oxygen atoms in total. The summed E-state index contributed by atoms with van der Waals surface area (Å²) in [5, 5.41) is 8.44. The van der Waals surface area contributed by atoms with Crippen LogP contribution in [0.1, 0.15) is 12.6 Å². The maximum Gasteiger partial charge on any atom is 0.186 e. The number of rotatable bonds is 4. The number of ether oxygens (including phenoxy) is 1. The van der Waals surface area contributed by atoms with Crippen LogP contribution in [0.3, 0.4) is 0 Å². The number of anilines is 2.